The van der Waals surface area contributed by atoms with Gasteiger partial charge in [0.05, 0.1) is 22.9 Å². The number of amides is 2. The molecule has 2 aliphatic rings. The molecule has 3 aromatic heterocycles. The minimum absolute atomic E-state index is 0.126. The van der Waals surface area contributed by atoms with Gasteiger partial charge in [0.2, 0.25) is 0 Å². The van der Waals surface area contributed by atoms with E-state index in [0.717, 1.165) is 51.9 Å². The summed E-state index contributed by atoms with van der Waals surface area (Å²) in [6.07, 6.45) is 5.14. The molecular weight excluding hydrogens is 507 g/mol. The van der Waals surface area contributed by atoms with Gasteiger partial charge < -0.3 is 20.1 Å². The van der Waals surface area contributed by atoms with E-state index in [1.54, 1.807) is 24.7 Å². The molecule has 0 atom stereocenters. The van der Waals surface area contributed by atoms with Crippen molar-refractivity contribution in [1.29, 1.82) is 0 Å². The van der Waals surface area contributed by atoms with E-state index in [1.165, 1.54) is 12.1 Å². The first-order valence-electron chi connectivity index (χ1n) is 13.1. The zero-order chi connectivity index (χ0) is 27.2. The second-order valence-electron chi connectivity index (χ2n) is 10.0. The summed E-state index contributed by atoms with van der Waals surface area (Å²) in [5.74, 6) is 0.965. The van der Waals surface area contributed by atoms with Crippen LogP contribution in [0.1, 0.15) is 11.4 Å². The number of pyridine rings is 2. The third kappa shape index (κ3) is 4.38. The molecule has 10 heteroatoms. The number of halogens is 1. The normalized spacial score (nSPS) is 14.9. The number of aromatic nitrogens is 4. The van der Waals surface area contributed by atoms with Crippen LogP contribution in [0.25, 0.3) is 33.3 Å². The lowest BCUT2D eigenvalue weighted by molar-refractivity contribution is 0.164. The van der Waals surface area contributed by atoms with E-state index >= 15 is 0 Å². The summed E-state index contributed by atoms with van der Waals surface area (Å²) in [7, 11) is 2.06. The molecule has 1 saturated heterocycles. The van der Waals surface area contributed by atoms with Crippen LogP contribution in [-0.2, 0) is 0 Å². The monoisotopic (exact) mass is 532 g/mol. The van der Waals surface area contributed by atoms with Gasteiger partial charge in [0.1, 0.15) is 11.5 Å². The molecule has 1 fully saturated rings. The molecule has 2 aliphatic heterocycles. The Morgan fingerprint density at radius 2 is 1.75 bits per heavy atom. The van der Waals surface area contributed by atoms with Crippen LogP contribution >= 0.6 is 0 Å². The number of nitrogens with one attached hydrogen (secondary N) is 2. The average Bonchev–Trinajstić information content (AvgIpc) is 3.38. The maximum Gasteiger partial charge on any atom is 0.321 e. The highest BCUT2D eigenvalue weighted by molar-refractivity contribution is 6.21. The standard InChI is InChI=1S/C30H25FN8O/c1-38-8-10-39(11-9-38)30(40)34-22-13-19(15-32-17-22)20-14-24-27(37-28(24)33-16-20)29-35-25-7-3-6-23(26(25)36-29)18-4-2-5-21(31)12-18/h2-7,12-17H,8-11H2,1H3,(H,34,40)(H,35,36). The zero-order valence-electron chi connectivity index (χ0n) is 21.7. The molecule has 0 saturated carbocycles. The lowest BCUT2D eigenvalue weighted by Gasteiger charge is -2.32. The molecule has 0 aliphatic carbocycles. The SMILES string of the molecule is CN1CCN(C(=O)Nc2cncc(-c3cnc4c(c3)C(c3nc5c(-c6cccc(F)c6)cccc5[nH]3)=N4)c2)CC1. The summed E-state index contributed by atoms with van der Waals surface area (Å²) < 4.78 is 13.9. The summed E-state index contributed by atoms with van der Waals surface area (Å²) in [5.41, 5.74) is 7.07. The molecule has 40 heavy (non-hydrogen) atoms. The molecule has 5 heterocycles. The molecule has 9 nitrogen and oxygen atoms in total. The minimum atomic E-state index is -0.293. The number of imidazole rings is 1. The Bertz CT molecular complexity index is 1810. The Labute approximate surface area is 229 Å². The molecule has 0 radical (unpaired) electrons. The number of aromatic amines is 1. The number of fused-ring (bicyclic) bond motifs is 2. The molecule has 2 amide bonds. The van der Waals surface area contributed by atoms with Gasteiger partial charge >= 0.3 is 6.03 Å². The second-order valence-corrected chi connectivity index (χ2v) is 10.0. The zero-order valence-corrected chi connectivity index (χ0v) is 21.7. The number of piperazine rings is 1. The van der Waals surface area contributed by atoms with Crippen LogP contribution in [0.2, 0.25) is 0 Å². The molecule has 7 rings (SSSR count). The van der Waals surface area contributed by atoms with Gasteiger partial charge in [-0.25, -0.2) is 24.1 Å². The van der Waals surface area contributed by atoms with E-state index < -0.39 is 0 Å². The van der Waals surface area contributed by atoms with Crippen molar-refractivity contribution in [1.82, 2.24) is 29.7 Å². The number of rotatable bonds is 4. The average molecular weight is 533 g/mol. The number of benzene rings is 2. The van der Waals surface area contributed by atoms with Crippen molar-refractivity contribution in [3.8, 4) is 22.3 Å². The van der Waals surface area contributed by atoms with E-state index in [4.69, 9.17) is 4.98 Å². The van der Waals surface area contributed by atoms with Crippen molar-refractivity contribution >= 4 is 34.3 Å². The van der Waals surface area contributed by atoms with E-state index in [9.17, 15) is 9.18 Å². The molecular formula is C30H25FN8O. The van der Waals surface area contributed by atoms with E-state index in [2.05, 4.69) is 37.2 Å². The first-order valence-corrected chi connectivity index (χ1v) is 13.1. The summed E-state index contributed by atoms with van der Waals surface area (Å²) in [5, 5.41) is 2.97. The predicted octanol–water partition coefficient (Wildman–Crippen LogP) is 5.09. The largest absolute Gasteiger partial charge is 0.337 e. The molecule has 2 aromatic carbocycles. The lowest BCUT2D eigenvalue weighted by atomic mass is 10.0. The van der Waals surface area contributed by atoms with Crippen molar-refractivity contribution in [2.75, 3.05) is 38.5 Å². The van der Waals surface area contributed by atoms with Crippen LogP contribution in [0, 0.1) is 5.82 Å². The number of urea groups is 1. The Balaban J connectivity index is 1.15. The predicted molar refractivity (Wildman–Crippen MR) is 152 cm³/mol. The van der Waals surface area contributed by atoms with Gasteiger partial charge in [0.25, 0.3) is 0 Å². The number of carbonyl (C=O) groups is 1. The third-order valence-corrected chi connectivity index (χ3v) is 7.33. The number of nitrogens with zero attached hydrogens (tertiary/aromatic N) is 6. The highest BCUT2D eigenvalue weighted by Crippen LogP contribution is 2.35. The molecule has 5 aromatic rings. The van der Waals surface area contributed by atoms with Crippen LogP contribution in [-0.4, -0.2) is 74.7 Å². The molecule has 0 unspecified atom stereocenters. The maximum absolute atomic E-state index is 13.9. The quantitative estimate of drug-likeness (QED) is 0.329. The highest BCUT2D eigenvalue weighted by atomic mass is 19.1. The van der Waals surface area contributed by atoms with Crippen molar-refractivity contribution in [2.45, 2.75) is 0 Å². The van der Waals surface area contributed by atoms with Crippen molar-refractivity contribution in [3.63, 3.8) is 0 Å². The summed E-state index contributed by atoms with van der Waals surface area (Å²) in [6.45, 7) is 3.09. The van der Waals surface area contributed by atoms with Gasteiger partial charge in [-0.05, 0) is 42.9 Å². The molecule has 0 spiro atoms. The van der Waals surface area contributed by atoms with Gasteiger partial charge in [-0.3, -0.25) is 4.98 Å². The number of aliphatic imine (C=N–C) groups is 1. The smallest absolute Gasteiger partial charge is 0.321 e. The number of para-hydroxylation sites is 1. The fourth-order valence-corrected chi connectivity index (χ4v) is 5.08. The minimum Gasteiger partial charge on any atom is -0.337 e. The van der Waals surface area contributed by atoms with E-state index in [-0.39, 0.29) is 11.8 Å². The van der Waals surface area contributed by atoms with Crippen LogP contribution < -0.4 is 5.32 Å². The van der Waals surface area contributed by atoms with Crippen LogP contribution in [0.4, 0.5) is 20.7 Å². The summed E-state index contributed by atoms with van der Waals surface area (Å²) in [4.78, 5) is 38.4. The first kappa shape index (κ1) is 24.1. The van der Waals surface area contributed by atoms with Gasteiger partial charge in [0, 0.05) is 60.8 Å². The van der Waals surface area contributed by atoms with Crippen LogP contribution in [0.3, 0.4) is 0 Å². The highest BCUT2D eigenvalue weighted by Gasteiger charge is 2.26. The number of hydrogen-bond acceptors (Lipinski definition) is 6. The molecule has 198 valence electrons. The lowest BCUT2D eigenvalue weighted by Crippen LogP contribution is -2.48. The first-order chi connectivity index (χ1) is 19.5. The Morgan fingerprint density at radius 3 is 2.60 bits per heavy atom. The topological polar surface area (TPSA) is 102 Å². The molecule has 0 bridgehead atoms. The van der Waals surface area contributed by atoms with Crippen molar-refractivity contribution < 1.29 is 9.18 Å². The second kappa shape index (κ2) is 9.65. The number of anilines is 1. The van der Waals surface area contributed by atoms with Gasteiger partial charge in [-0.15, -0.1) is 0 Å². The molecule has 2 N–H and O–H groups in total. The Morgan fingerprint density at radius 1 is 0.925 bits per heavy atom. The Hall–Kier alpha value is -4.96. The van der Waals surface area contributed by atoms with Crippen molar-refractivity contribution in [3.05, 3.63) is 90.4 Å². The van der Waals surface area contributed by atoms with E-state index in [0.29, 0.717) is 36.1 Å². The summed E-state index contributed by atoms with van der Waals surface area (Å²) >= 11 is 0. The van der Waals surface area contributed by atoms with Crippen molar-refractivity contribution in [2.24, 2.45) is 4.99 Å². The number of hydrogen-bond donors (Lipinski definition) is 2. The number of likely N-dealkylation sites (N-methyl/N-ethyl adjacent to an activating group) is 1. The van der Waals surface area contributed by atoms with Gasteiger partial charge in [0.15, 0.2) is 11.6 Å². The van der Waals surface area contributed by atoms with Gasteiger partial charge in [-0.1, -0.05) is 24.3 Å². The fourth-order valence-electron chi connectivity index (χ4n) is 5.08. The van der Waals surface area contributed by atoms with Gasteiger partial charge in [-0.2, -0.15) is 0 Å². The number of carbonyl (C=O) groups excluding carboxylic acids is 1. The summed E-state index contributed by atoms with van der Waals surface area (Å²) in [6, 6.07) is 16.1. The third-order valence-electron chi connectivity index (χ3n) is 7.33. The van der Waals surface area contributed by atoms with Crippen LogP contribution in [0.15, 0.2) is 78.2 Å². The maximum atomic E-state index is 13.9. The van der Waals surface area contributed by atoms with Crippen LogP contribution in [0.5, 0.6) is 0 Å². The Kier molecular flexibility index (Phi) is 5.82. The fraction of sp³-hybridized carbons (Fsp3) is 0.167. The van der Waals surface area contributed by atoms with E-state index in [1.807, 2.05) is 41.3 Å². The number of H-pyrrole nitrogens is 1.